The minimum atomic E-state index is -4.76. The summed E-state index contributed by atoms with van der Waals surface area (Å²) in [6.07, 6.45) is -3.44. The lowest BCUT2D eigenvalue weighted by molar-refractivity contribution is -0.196. The fraction of sp³-hybridized carbons (Fsp3) is 0.500. The molecule has 7 heteroatoms. The molecule has 1 N–H and O–H groups in total. The second kappa shape index (κ2) is 3.92. The highest BCUT2D eigenvalue weighted by Crippen LogP contribution is 2.27. The first-order valence-corrected chi connectivity index (χ1v) is 4.10. The van der Waals surface area contributed by atoms with Gasteiger partial charge in [0.05, 0.1) is 12.2 Å². The number of rotatable bonds is 3. The van der Waals surface area contributed by atoms with Crippen molar-refractivity contribution in [2.75, 3.05) is 0 Å². The predicted molar refractivity (Wildman–Crippen MR) is 44.1 cm³/mol. The molecule has 0 aliphatic rings. The fourth-order valence-electron chi connectivity index (χ4n) is 1.07. The van der Waals surface area contributed by atoms with Gasteiger partial charge in [-0.15, -0.1) is 0 Å². The molecule has 1 aromatic rings. The van der Waals surface area contributed by atoms with Crippen LogP contribution in [0.5, 0.6) is 0 Å². The highest BCUT2D eigenvalue weighted by molar-refractivity contribution is 5.70. The summed E-state index contributed by atoms with van der Waals surface area (Å²) in [4.78, 5) is 10.4. The average molecular weight is 222 g/mol. The van der Waals surface area contributed by atoms with E-state index in [2.05, 4.69) is 5.10 Å². The molecule has 0 amide bonds. The van der Waals surface area contributed by atoms with E-state index in [1.54, 1.807) is 6.92 Å². The molecule has 84 valence electrons. The zero-order chi connectivity index (χ0) is 11.6. The van der Waals surface area contributed by atoms with Gasteiger partial charge in [0.15, 0.2) is 5.92 Å². The van der Waals surface area contributed by atoms with Crippen molar-refractivity contribution in [3.05, 3.63) is 18.0 Å². The van der Waals surface area contributed by atoms with Gasteiger partial charge in [0.2, 0.25) is 0 Å². The molecule has 4 nitrogen and oxygen atoms in total. The van der Waals surface area contributed by atoms with Crippen LogP contribution in [-0.4, -0.2) is 27.0 Å². The summed E-state index contributed by atoms with van der Waals surface area (Å²) < 4.78 is 37.7. The fourth-order valence-corrected chi connectivity index (χ4v) is 1.07. The van der Waals surface area contributed by atoms with E-state index in [0.717, 1.165) is 4.68 Å². The lowest BCUT2D eigenvalue weighted by atomic mass is 10.1. The van der Waals surface area contributed by atoms with E-state index in [1.807, 2.05) is 0 Å². The summed E-state index contributed by atoms with van der Waals surface area (Å²) >= 11 is 0. The molecule has 1 rings (SSSR count). The minimum Gasteiger partial charge on any atom is -0.481 e. The number of hydrogen-bond acceptors (Lipinski definition) is 2. The second-order valence-corrected chi connectivity index (χ2v) is 3.11. The summed E-state index contributed by atoms with van der Waals surface area (Å²) in [7, 11) is 0. The first-order chi connectivity index (χ1) is 6.80. The molecule has 1 heterocycles. The maximum absolute atomic E-state index is 12.2. The van der Waals surface area contributed by atoms with Gasteiger partial charge in [-0.25, -0.2) is 0 Å². The Morgan fingerprint density at radius 3 is 2.60 bits per heavy atom. The van der Waals surface area contributed by atoms with Crippen LogP contribution in [0, 0.1) is 12.8 Å². The van der Waals surface area contributed by atoms with E-state index in [9.17, 15) is 18.0 Å². The highest BCUT2D eigenvalue weighted by Gasteiger charge is 2.45. The second-order valence-electron chi connectivity index (χ2n) is 3.11. The van der Waals surface area contributed by atoms with Gasteiger partial charge >= 0.3 is 12.1 Å². The Hall–Kier alpha value is -1.53. The molecule has 0 radical (unpaired) electrons. The summed E-state index contributed by atoms with van der Waals surface area (Å²) in [6, 6.07) is 1.51. The van der Waals surface area contributed by atoms with Gasteiger partial charge in [0.25, 0.3) is 0 Å². The van der Waals surface area contributed by atoms with Gasteiger partial charge in [-0.3, -0.25) is 9.48 Å². The van der Waals surface area contributed by atoms with E-state index < -0.39 is 24.6 Å². The Morgan fingerprint density at radius 1 is 1.67 bits per heavy atom. The highest BCUT2D eigenvalue weighted by atomic mass is 19.4. The number of nitrogens with zero attached hydrogens (tertiary/aromatic N) is 2. The van der Waals surface area contributed by atoms with Crippen LogP contribution in [0.4, 0.5) is 13.2 Å². The molecule has 0 fully saturated rings. The third kappa shape index (κ3) is 2.97. The van der Waals surface area contributed by atoms with Gasteiger partial charge in [-0.2, -0.15) is 18.3 Å². The van der Waals surface area contributed by atoms with Crippen LogP contribution in [0.3, 0.4) is 0 Å². The molecule has 1 atom stereocenters. The average Bonchev–Trinajstić information content (AvgIpc) is 2.44. The van der Waals surface area contributed by atoms with E-state index >= 15 is 0 Å². The van der Waals surface area contributed by atoms with Crippen LogP contribution in [0.15, 0.2) is 12.3 Å². The first kappa shape index (κ1) is 11.5. The number of hydrogen-bond donors (Lipinski definition) is 1. The van der Waals surface area contributed by atoms with E-state index in [0.29, 0.717) is 5.69 Å². The zero-order valence-electron chi connectivity index (χ0n) is 7.82. The number of carboxylic acid groups (broad SMARTS) is 1. The molecule has 0 saturated carbocycles. The smallest absolute Gasteiger partial charge is 0.404 e. The van der Waals surface area contributed by atoms with Gasteiger partial charge in [0.1, 0.15) is 0 Å². The standard InChI is InChI=1S/C8H9F3N2O2/c1-5-2-3-13(12-5)4-6(7(14)15)8(9,10)11/h2-3,6H,4H2,1H3,(H,14,15). The number of halogens is 3. The van der Waals surface area contributed by atoms with E-state index in [-0.39, 0.29) is 0 Å². The molecule has 1 unspecified atom stereocenters. The number of aromatic nitrogens is 2. The molecular weight excluding hydrogens is 213 g/mol. The maximum Gasteiger partial charge on any atom is 0.404 e. The van der Waals surface area contributed by atoms with Crippen molar-refractivity contribution >= 4 is 5.97 Å². The normalized spacial score (nSPS) is 13.9. The third-order valence-electron chi connectivity index (χ3n) is 1.84. The lowest BCUT2D eigenvalue weighted by Crippen LogP contribution is -2.34. The molecule has 0 bridgehead atoms. The summed E-state index contributed by atoms with van der Waals surface area (Å²) in [5.74, 6) is -4.31. The zero-order valence-corrected chi connectivity index (χ0v) is 7.82. The van der Waals surface area contributed by atoms with Gasteiger partial charge < -0.3 is 5.11 Å². The number of alkyl halides is 3. The molecule has 0 aromatic carbocycles. The quantitative estimate of drug-likeness (QED) is 0.842. The Labute approximate surface area is 83.3 Å². The number of aliphatic carboxylic acids is 1. The SMILES string of the molecule is Cc1ccn(CC(C(=O)O)C(F)(F)F)n1. The topological polar surface area (TPSA) is 55.1 Å². The molecule has 0 aliphatic carbocycles. The molecule has 0 saturated heterocycles. The van der Waals surface area contributed by atoms with Crippen molar-refractivity contribution in [2.24, 2.45) is 5.92 Å². The predicted octanol–water partition coefficient (Wildman–Crippen LogP) is 1.45. The molecule has 0 spiro atoms. The van der Waals surface area contributed by atoms with Crippen LogP contribution >= 0.6 is 0 Å². The van der Waals surface area contributed by atoms with Crippen molar-refractivity contribution in [2.45, 2.75) is 19.6 Å². The van der Waals surface area contributed by atoms with Crippen LogP contribution < -0.4 is 0 Å². The summed E-state index contributed by atoms with van der Waals surface area (Å²) in [5, 5.41) is 12.1. The maximum atomic E-state index is 12.2. The molecule has 0 aliphatic heterocycles. The third-order valence-corrected chi connectivity index (χ3v) is 1.84. The Balaban J connectivity index is 2.81. The van der Waals surface area contributed by atoms with Crippen molar-refractivity contribution in [1.82, 2.24) is 9.78 Å². The number of aryl methyl sites for hydroxylation is 1. The first-order valence-electron chi connectivity index (χ1n) is 4.10. The van der Waals surface area contributed by atoms with Crippen molar-refractivity contribution < 1.29 is 23.1 Å². The molecule has 1 aromatic heterocycles. The lowest BCUT2D eigenvalue weighted by Gasteiger charge is -2.15. The largest absolute Gasteiger partial charge is 0.481 e. The minimum absolute atomic E-state index is 0.543. The van der Waals surface area contributed by atoms with Crippen molar-refractivity contribution in [3.63, 3.8) is 0 Å². The van der Waals surface area contributed by atoms with Crippen LogP contribution in [0.2, 0.25) is 0 Å². The van der Waals surface area contributed by atoms with E-state index in [1.165, 1.54) is 12.3 Å². The van der Waals surface area contributed by atoms with Gasteiger partial charge in [-0.1, -0.05) is 0 Å². The summed E-state index contributed by atoms with van der Waals surface area (Å²) in [6.45, 7) is 0.909. The Bertz CT molecular complexity index is 359. The van der Waals surface area contributed by atoms with E-state index in [4.69, 9.17) is 5.11 Å². The van der Waals surface area contributed by atoms with Crippen LogP contribution in [-0.2, 0) is 11.3 Å². The molecule has 15 heavy (non-hydrogen) atoms. The van der Waals surface area contributed by atoms with Crippen LogP contribution in [0.25, 0.3) is 0 Å². The van der Waals surface area contributed by atoms with Crippen molar-refractivity contribution in [1.29, 1.82) is 0 Å². The Morgan fingerprint density at radius 2 is 2.27 bits per heavy atom. The van der Waals surface area contributed by atoms with Gasteiger partial charge in [0, 0.05) is 6.20 Å². The monoisotopic (exact) mass is 222 g/mol. The Kier molecular flexibility index (Phi) is 3.01. The number of carbonyl (C=O) groups is 1. The van der Waals surface area contributed by atoms with Crippen LogP contribution in [0.1, 0.15) is 5.69 Å². The molecular formula is C8H9F3N2O2. The van der Waals surface area contributed by atoms with Gasteiger partial charge in [-0.05, 0) is 13.0 Å². The summed E-state index contributed by atoms with van der Waals surface area (Å²) in [5.41, 5.74) is 0.543. The number of carboxylic acids is 1. The van der Waals surface area contributed by atoms with Crippen molar-refractivity contribution in [3.8, 4) is 0 Å².